The van der Waals surface area contributed by atoms with Crippen molar-refractivity contribution in [1.29, 1.82) is 0 Å². The highest BCUT2D eigenvalue weighted by molar-refractivity contribution is 8.26. The zero-order valence-electron chi connectivity index (χ0n) is 17.6. The highest BCUT2D eigenvalue weighted by atomic mass is 32.2. The predicted octanol–water partition coefficient (Wildman–Crippen LogP) is 2.69. The van der Waals surface area contributed by atoms with Crippen LogP contribution in [0.15, 0.2) is 34.4 Å². The van der Waals surface area contributed by atoms with Gasteiger partial charge in [0.2, 0.25) is 0 Å². The molecule has 2 heterocycles. The fourth-order valence-corrected chi connectivity index (χ4v) is 5.24. The van der Waals surface area contributed by atoms with Crippen LogP contribution in [0.2, 0.25) is 0 Å². The lowest BCUT2D eigenvalue weighted by atomic mass is 9.89. The molecule has 1 saturated heterocycles. The number of ether oxygens (including phenoxy) is 1. The summed E-state index contributed by atoms with van der Waals surface area (Å²) in [5.41, 5.74) is 4.21. The van der Waals surface area contributed by atoms with Gasteiger partial charge in [-0.1, -0.05) is 36.1 Å². The second-order valence-electron chi connectivity index (χ2n) is 7.73. The number of thioether (sulfide) groups is 1. The molecule has 1 aromatic carbocycles. The number of esters is 1. The van der Waals surface area contributed by atoms with Crippen LogP contribution < -0.4 is 0 Å². The molecule has 0 radical (unpaired) electrons. The fraction of sp³-hybridized carbons (Fsp3) is 0.409. The van der Waals surface area contributed by atoms with Gasteiger partial charge < -0.3 is 9.84 Å². The van der Waals surface area contributed by atoms with Crippen molar-refractivity contribution in [3.63, 3.8) is 0 Å². The molecule has 0 unspecified atom stereocenters. The number of aryl methyl sites for hydroxylation is 2. The van der Waals surface area contributed by atoms with Gasteiger partial charge in [-0.3, -0.25) is 19.5 Å². The first kappa shape index (κ1) is 22.5. The van der Waals surface area contributed by atoms with Gasteiger partial charge in [-0.15, -0.1) is 0 Å². The molecular formula is C22H23N3O5S2. The SMILES string of the molecule is CCOC(=O)CN1C(=O)/C(=C/N2N=C(c3ccc4c(c3)CCCC4)C[C@H]2C(=O)O)SC1=S. The number of carbonyl (C=O) groups excluding carboxylic acids is 2. The summed E-state index contributed by atoms with van der Waals surface area (Å²) in [6.45, 7) is 1.61. The second-order valence-corrected chi connectivity index (χ2v) is 9.41. The fourth-order valence-electron chi connectivity index (χ4n) is 4.02. The molecule has 2 aliphatic heterocycles. The van der Waals surface area contributed by atoms with Crippen molar-refractivity contribution in [2.75, 3.05) is 13.2 Å². The summed E-state index contributed by atoms with van der Waals surface area (Å²) in [6, 6.07) is 5.28. The Labute approximate surface area is 195 Å². The molecule has 168 valence electrons. The number of benzene rings is 1. The van der Waals surface area contributed by atoms with Gasteiger partial charge in [0.1, 0.15) is 10.9 Å². The molecule has 3 aliphatic rings. The summed E-state index contributed by atoms with van der Waals surface area (Å²) in [6.07, 6.45) is 6.07. The molecule has 1 amide bonds. The minimum absolute atomic E-state index is 0.206. The molecule has 1 aromatic rings. The molecular weight excluding hydrogens is 450 g/mol. The van der Waals surface area contributed by atoms with Gasteiger partial charge in [-0.25, -0.2) is 4.79 Å². The summed E-state index contributed by atoms with van der Waals surface area (Å²) in [7, 11) is 0. The summed E-state index contributed by atoms with van der Waals surface area (Å²) >= 11 is 6.24. The van der Waals surface area contributed by atoms with Crippen LogP contribution in [-0.4, -0.2) is 62.1 Å². The third kappa shape index (κ3) is 4.56. The topological polar surface area (TPSA) is 99.5 Å². The molecule has 1 atom stereocenters. The van der Waals surface area contributed by atoms with E-state index in [0.29, 0.717) is 5.71 Å². The van der Waals surface area contributed by atoms with Crippen LogP contribution in [0.3, 0.4) is 0 Å². The van der Waals surface area contributed by atoms with Crippen molar-refractivity contribution in [3.8, 4) is 0 Å². The monoisotopic (exact) mass is 473 g/mol. The Bertz CT molecular complexity index is 1050. The Hall–Kier alpha value is -2.72. The van der Waals surface area contributed by atoms with Crippen molar-refractivity contribution >= 4 is 51.9 Å². The molecule has 1 N–H and O–H groups in total. The molecule has 10 heteroatoms. The minimum atomic E-state index is -1.03. The van der Waals surface area contributed by atoms with Crippen LogP contribution >= 0.6 is 24.0 Å². The first-order chi connectivity index (χ1) is 15.4. The highest BCUT2D eigenvalue weighted by Gasteiger charge is 2.37. The predicted molar refractivity (Wildman–Crippen MR) is 124 cm³/mol. The second kappa shape index (κ2) is 9.41. The van der Waals surface area contributed by atoms with Crippen molar-refractivity contribution in [3.05, 3.63) is 46.0 Å². The Morgan fingerprint density at radius 1 is 1.31 bits per heavy atom. The number of carbonyl (C=O) groups is 3. The van der Waals surface area contributed by atoms with Crippen molar-refractivity contribution < 1.29 is 24.2 Å². The van der Waals surface area contributed by atoms with Crippen molar-refractivity contribution in [2.24, 2.45) is 5.10 Å². The lowest BCUT2D eigenvalue weighted by molar-refractivity contribution is -0.145. The maximum atomic E-state index is 12.8. The van der Waals surface area contributed by atoms with Crippen LogP contribution in [-0.2, 0) is 32.0 Å². The number of thiocarbonyl (C=S) groups is 1. The van der Waals surface area contributed by atoms with E-state index in [4.69, 9.17) is 17.0 Å². The molecule has 0 bridgehead atoms. The summed E-state index contributed by atoms with van der Waals surface area (Å²) < 4.78 is 5.11. The number of fused-ring (bicyclic) bond motifs is 1. The van der Waals surface area contributed by atoms with Crippen molar-refractivity contribution in [2.45, 2.75) is 45.1 Å². The molecule has 4 rings (SSSR count). The van der Waals surface area contributed by atoms with E-state index in [1.54, 1.807) is 6.92 Å². The van der Waals surface area contributed by atoms with Gasteiger partial charge in [-0.2, -0.15) is 5.10 Å². The lowest BCUT2D eigenvalue weighted by Crippen LogP contribution is -2.35. The number of nitrogens with zero attached hydrogens (tertiary/aromatic N) is 3. The molecule has 32 heavy (non-hydrogen) atoms. The Morgan fingerprint density at radius 2 is 2.06 bits per heavy atom. The largest absolute Gasteiger partial charge is 0.480 e. The standard InChI is InChI=1S/C22H23N3O5S2/c1-2-30-19(26)12-24-20(27)18(32-22(24)31)11-25-17(21(28)29)10-16(23-25)15-8-7-13-5-3-4-6-14(13)9-15/h7-9,11,17H,2-6,10,12H2,1H3,(H,28,29)/b18-11-/t17-/m0/s1. The highest BCUT2D eigenvalue weighted by Crippen LogP contribution is 2.33. The Kier molecular flexibility index (Phi) is 6.61. The van der Waals surface area contributed by atoms with Crippen LogP contribution in [0.1, 0.15) is 42.9 Å². The van der Waals surface area contributed by atoms with E-state index in [1.807, 2.05) is 6.07 Å². The lowest BCUT2D eigenvalue weighted by Gasteiger charge is -2.16. The van der Waals surface area contributed by atoms with Gasteiger partial charge in [-0.05, 0) is 55.4 Å². The van der Waals surface area contributed by atoms with Gasteiger partial charge in [0.25, 0.3) is 5.91 Å². The van der Waals surface area contributed by atoms with E-state index in [1.165, 1.54) is 28.8 Å². The van der Waals surface area contributed by atoms with E-state index in [2.05, 4.69) is 17.2 Å². The molecule has 1 fully saturated rings. The molecule has 0 spiro atoms. The smallest absolute Gasteiger partial charge is 0.328 e. The minimum Gasteiger partial charge on any atom is -0.480 e. The van der Waals surface area contributed by atoms with E-state index >= 15 is 0 Å². The van der Waals surface area contributed by atoms with Crippen molar-refractivity contribution in [1.82, 2.24) is 9.91 Å². The average molecular weight is 474 g/mol. The average Bonchev–Trinajstić information content (AvgIpc) is 3.30. The van der Waals surface area contributed by atoms with E-state index in [-0.39, 0.29) is 28.8 Å². The van der Waals surface area contributed by atoms with E-state index in [0.717, 1.165) is 41.5 Å². The third-order valence-corrected chi connectivity index (χ3v) is 6.99. The number of hydrogen-bond acceptors (Lipinski definition) is 8. The van der Waals surface area contributed by atoms with E-state index in [9.17, 15) is 19.5 Å². The quantitative estimate of drug-likeness (QED) is 0.383. The number of rotatable bonds is 6. The number of hydrazone groups is 1. The summed E-state index contributed by atoms with van der Waals surface area (Å²) in [4.78, 5) is 37.8. The van der Waals surface area contributed by atoms with Crippen LogP contribution in [0.4, 0.5) is 0 Å². The van der Waals surface area contributed by atoms with E-state index < -0.39 is 23.9 Å². The molecule has 8 nitrogen and oxygen atoms in total. The zero-order valence-corrected chi connectivity index (χ0v) is 19.2. The molecule has 1 aliphatic carbocycles. The van der Waals surface area contributed by atoms with Gasteiger partial charge in [0.05, 0.1) is 17.2 Å². The zero-order chi connectivity index (χ0) is 22.8. The van der Waals surface area contributed by atoms with Gasteiger partial charge in [0, 0.05) is 12.6 Å². The Morgan fingerprint density at radius 3 is 2.78 bits per heavy atom. The molecule has 0 saturated carbocycles. The number of amides is 1. The summed E-state index contributed by atoms with van der Waals surface area (Å²) in [5.74, 6) is -2.04. The van der Waals surface area contributed by atoms with Gasteiger partial charge >= 0.3 is 11.9 Å². The number of hydrogen-bond donors (Lipinski definition) is 1. The first-order valence-electron chi connectivity index (χ1n) is 10.5. The summed E-state index contributed by atoms with van der Waals surface area (Å²) in [5, 5.41) is 15.6. The maximum Gasteiger partial charge on any atom is 0.328 e. The van der Waals surface area contributed by atoms with Crippen LogP contribution in [0.25, 0.3) is 0 Å². The maximum absolute atomic E-state index is 12.8. The Balaban J connectivity index is 1.57. The molecule has 0 aromatic heterocycles. The van der Waals surface area contributed by atoms with Crippen LogP contribution in [0.5, 0.6) is 0 Å². The van der Waals surface area contributed by atoms with Gasteiger partial charge in [0.15, 0.2) is 6.04 Å². The number of carboxylic acids is 1. The third-order valence-electron chi connectivity index (χ3n) is 5.62. The van der Waals surface area contributed by atoms with Crippen LogP contribution in [0, 0.1) is 0 Å². The number of aliphatic carboxylic acids is 1. The normalized spacial score (nSPS) is 21.7. The number of carboxylic acid groups (broad SMARTS) is 1. The first-order valence-corrected chi connectivity index (χ1v) is 11.7.